The molecule has 2 fully saturated rings. The van der Waals surface area contributed by atoms with Crippen molar-refractivity contribution < 1.29 is 4.79 Å². The summed E-state index contributed by atoms with van der Waals surface area (Å²) in [5, 5.41) is 12.0. The monoisotopic (exact) mass is 500 g/mol. The second-order valence-corrected chi connectivity index (χ2v) is 9.55. The zero-order chi connectivity index (χ0) is 25.7. The summed E-state index contributed by atoms with van der Waals surface area (Å²) in [6.07, 6.45) is 19.8. The quantitative estimate of drug-likeness (QED) is 0.344. The van der Waals surface area contributed by atoms with Crippen molar-refractivity contribution in [3.63, 3.8) is 0 Å². The van der Waals surface area contributed by atoms with Gasteiger partial charge in [0.2, 0.25) is 0 Å². The van der Waals surface area contributed by atoms with E-state index in [-0.39, 0.29) is 0 Å². The Hall–Kier alpha value is -4.01. The zero-order valence-electron chi connectivity index (χ0n) is 21.2. The SMILES string of the molecule is Nc1ccn(Cc2ccncc2)n1.O=CC1CCC1.c1cc(Cn2ccc(NCC3CCC3)n2)ccn1. The number of hydrogen-bond donors (Lipinski definition) is 2. The predicted molar refractivity (Wildman–Crippen MR) is 145 cm³/mol. The van der Waals surface area contributed by atoms with Crippen LogP contribution in [0.4, 0.5) is 11.6 Å². The van der Waals surface area contributed by atoms with Crippen LogP contribution in [0.5, 0.6) is 0 Å². The van der Waals surface area contributed by atoms with Crippen molar-refractivity contribution >= 4 is 17.9 Å². The molecule has 2 aliphatic rings. The van der Waals surface area contributed by atoms with Crippen LogP contribution in [-0.2, 0) is 17.9 Å². The summed E-state index contributed by atoms with van der Waals surface area (Å²) in [7, 11) is 0. The van der Waals surface area contributed by atoms with E-state index in [1.807, 2.05) is 59.8 Å². The molecule has 0 saturated heterocycles. The van der Waals surface area contributed by atoms with Crippen LogP contribution < -0.4 is 11.1 Å². The van der Waals surface area contributed by atoms with E-state index >= 15 is 0 Å². The number of pyridine rings is 2. The molecular formula is C28H36N8O. The topological polar surface area (TPSA) is 117 Å². The largest absolute Gasteiger partial charge is 0.382 e. The lowest BCUT2D eigenvalue weighted by Gasteiger charge is -2.25. The number of carbonyl (C=O) groups excluding carboxylic acids is 1. The van der Waals surface area contributed by atoms with Crippen molar-refractivity contribution in [3.8, 4) is 0 Å². The maximum Gasteiger partial charge on any atom is 0.148 e. The van der Waals surface area contributed by atoms with E-state index in [1.54, 1.807) is 23.1 Å². The van der Waals surface area contributed by atoms with Gasteiger partial charge in [-0.1, -0.05) is 12.8 Å². The lowest BCUT2D eigenvalue weighted by Crippen LogP contribution is -2.21. The number of aldehydes is 1. The van der Waals surface area contributed by atoms with Crippen molar-refractivity contribution in [2.45, 2.75) is 51.6 Å². The Balaban J connectivity index is 0.000000146. The fourth-order valence-corrected chi connectivity index (χ4v) is 3.88. The van der Waals surface area contributed by atoms with Gasteiger partial charge in [-0.2, -0.15) is 10.2 Å². The smallest absolute Gasteiger partial charge is 0.148 e. The Morgan fingerprint density at radius 1 is 0.811 bits per heavy atom. The molecule has 4 aromatic rings. The standard InChI is InChI=1S/C14H18N4.C9H10N4.C5H8O/c1-2-12(3-1)10-16-14-6-9-18(17-14)11-13-4-7-15-8-5-13;10-9-3-6-13(12-9)7-8-1-4-11-5-2-8;6-4-5-2-1-3-5/h4-9,12H,1-3,10-11H2,(H,16,17);1-6H,7H2,(H2,10,12);4-5H,1-3H2. The van der Waals surface area contributed by atoms with Gasteiger partial charge in [-0.05, 0) is 73.1 Å². The second kappa shape index (κ2) is 13.9. The van der Waals surface area contributed by atoms with Crippen LogP contribution >= 0.6 is 0 Å². The minimum atomic E-state index is 0.435. The minimum Gasteiger partial charge on any atom is -0.382 e. The molecule has 2 saturated carbocycles. The first kappa shape index (κ1) is 26.1. The van der Waals surface area contributed by atoms with Crippen LogP contribution in [0.15, 0.2) is 73.6 Å². The van der Waals surface area contributed by atoms with Crippen molar-refractivity contribution in [2.24, 2.45) is 11.8 Å². The van der Waals surface area contributed by atoms with Gasteiger partial charge in [-0.15, -0.1) is 0 Å². The molecule has 0 bridgehead atoms. The number of nitrogens with one attached hydrogen (secondary N) is 1. The van der Waals surface area contributed by atoms with Gasteiger partial charge in [0.1, 0.15) is 17.9 Å². The lowest BCUT2D eigenvalue weighted by atomic mass is 9.85. The molecule has 0 spiro atoms. The zero-order valence-corrected chi connectivity index (χ0v) is 21.2. The molecule has 0 aromatic carbocycles. The Morgan fingerprint density at radius 3 is 1.81 bits per heavy atom. The number of nitrogen functional groups attached to an aromatic ring is 1. The molecule has 4 heterocycles. The third kappa shape index (κ3) is 8.86. The molecule has 2 aliphatic carbocycles. The highest BCUT2D eigenvalue weighted by atomic mass is 16.1. The first-order valence-electron chi connectivity index (χ1n) is 13.0. The van der Waals surface area contributed by atoms with Crippen LogP contribution in [0, 0.1) is 11.8 Å². The summed E-state index contributed by atoms with van der Waals surface area (Å²) in [4.78, 5) is 17.7. The molecule has 6 rings (SSSR count). The molecule has 3 N–H and O–H groups in total. The van der Waals surface area contributed by atoms with Crippen LogP contribution in [0.25, 0.3) is 0 Å². The van der Waals surface area contributed by atoms with E-state index in [1.165, 1.54) is 31.2 Å². The average molecular weight is 501 g/mol. The second-order valence-electron chi connectivity index (χ2n) is 9.55. The average Bonchev–Trinajstić information content (AvgIpc) is 3.48. The van der Waals surface area contributed by atoms with Crippen LogP contribution in [0.2, 0.25) is 0 Å². The predicted octanol–water partition coefficient (Wildman–Crippen LogP) is 4.43. The Labute approximate surface area is 218 Å². The molecule has 0 radical (unpaired) electrons. The summed E-state index contributed by atoms with van der Waals surface area (Å²) in [6, 6.07) is 11.8. The molecule has 194 valence electrons. The number of hydrogen-bond acceptors (Lipinski definition) is 7. The number of carbonyl (C=O) groups is 1. The third-order valence-electron chi connectivity index (χ3n) is 6.63. The van der Waals surface area contributed by atoms with Gasteiger partial charge in [-0.3, -0.25) is 19.3 Å². The molecule has 9 heteroatoms. The summed E-state index contributed by atoms with van der Waals surface area (Å²) in [5.74, 6) is 2.82. The van der Waals surface area contributed by atoms with E-state index in [2.05, 4.69) is 25.5 Å². The van der Waals surface area contributed by atoms with Crippen LogP contribution in [0.1, 0.15) is 49.7 Å². The summed E-state index contributed by atoms with van der Waals surface area (Å²) < 4.78 is 3.75. The number of aromatic nitrogens is 6. The van der Waals surface area contributed by atoms with Crippen molar-refractivity contribution in [3.05, 3.63) is 84.7 Å². The number of nitrogens with two attached hydrogens (primary N) is 1. The highest BCUT2D eigenvalue weighted by Crippen LogP contribution is 2.26. The summed E-state index contributed by atoms with van der Waals surface area (Å²) in [6.45, 7) is 2.60. The fraction of sp³-hybridized carbons (Fsp3) is 0.393. The van der Waals surface area contributed by atoms with Crippen LogP contribution in [-0.4, -0.2) is 42.4 Å². The highest BCUT2D eigenvalue weighted by Gasteiger charge is 2.17. The van der Waals surface area contributed by atoms with Crippen molar-refractivity contribution in [1.29, 1.82) is 0 Å². The molecular weight excluding hydrogens is 464 g/mol. The molecule has 4 aromatic heterocycles. The molecule has 0 unspecified atom stereocenters. The van der Waals surface area contributed by atoms with Crippen LogP contribution in [0.3, 0.4) is 0 Å². The Morgan fingerprint density at radius 2 is 1.38 bits per heavy atom. The first-order chi connectivity index (χ1) is 18.2. The van der Waals surface area contributed by atoms with Gasteiger partial charge in [0.05, 0.1) is 13.1 Å². The maximum atomic E-state index is 9.79. The lowest BCUT2D eigenvalue weighted by molar-refractivity contribution is -0.113. The molecule has 0 amide bonds. The first-order valence-corrected chi connectivity index (χ1v) is 13.0. The van der Waals surface area contributed by atoms with Gasteiger partial charge in [0.15, 0.2) is 0 Å². The third-order valence-corrected chi connectivity index (χ3v) is 6.63. The van der Waals surface area contributed by atoms with Crippen molar-refractivity contribution in [2.75, 3.05) is 17.6 Å². The number of anilines is 2. The van der Waals surface area contributed by atoms with Crippen molar-refractivity contribution in [1.82, 2.24) is 29.5 Å². The van der Waals surface area contributed by atoms with E-state index in [0.717, 1.165) is 56.1 Å². The fourth-order valence-electron chi connectivity index (χ4n) is 3.88. The summed E-state index contributed by atoms with van der Waals surface area (Å²) in [5.41, 5.74) is 7.87. The van der Waals surface area contributed by atoms with E-state index in [4.69, 9.17) is 5.73 Å². The minimum absolute atomic E-state index is 0.435. The normalized spacial score (nSPS) is 14.7. The van der Waals surface area contributed by atoms with E-state index in [0.29, 0.717) is 11.7 Å². The van der Waals surface area contributed by atoms with Gasteiger partial charge in [0, 0.05) is 55.7 Å². The van der Waals surface area contributed by atoms with E-state index < -0.39 is 0 Å². The molecule has 0 atom stereocenters. The number of rotatable bonds is 8. The number of nitrogens with zero attached hydrogens (tertiary/aromatic N) is 6. The van der Waals surface area contributed by atoms with Gasteiger partial charge >= 0.3 is 0 Å². The molecule has 9 nitrogen and oxygen atoms in total. The van der Waals surface area contributed by atoms with E-state index in [9.17, 15) is 4.79 Å². The molecule has 0 aliphatic heterocycles. The summed E-state index contributed by atoms with van der Waals surface area (Å²) >= 11 is 0. The molecule has 37 heavy (non-hydrogen) atoms. The maximum absolute atomic E-state index is 9.79. The van der Waals surface area contributed by atoms with Gasteiger partial charge in [0.25, 0.3) is 0 Å². The van der Waals surface area contributed by atoms with Gasteiger partial charge in [-0.25, -0.2) is 0 Å². The highest BCUT2D eigenvalue weighted by molar-refractivity contribution is 5.54. The Kier molecular flexibility index (Phi) is 9.80. The Bertz CT molecular complexity index is 1180. The van der Waals surface area contributed by atoms with Gasteiger partial charge < -0.3 is 15.8 Å².